The van der Waals surface area contributed by atoms with Gasteiger partial charge in [-0.05, 0) is 75.9 Å². The Hall–Kier alpha value is -6.13. The van der Waals surface area contributed by atoms with Crippen LogP contribution in [0.25, 0.3) is 50.3 Å². The summed E-state index contributed by atoms with van der Waals surface area (Å²) in [7, 11) is 6.00. The van der Waals surface area contributed by atoms with Crippen LogP contribution in [0.4, 0.5) is 10.2 Å². The highest BCUT2D eigenvalue weighted by molar-refractivity contribution is 5.99. The second-order valence-corrected chi connectivity index (χ2v) is 12.5. The van der Waals surface area contributed by atoms with Crippen LogP contribution in [0.3, 0.4) is 0 Å². The fraction of sp³-hybridized carbons (Fsp3) is 0.171. The molecule has 3 heterocycles. The highest BCUT2D eigenvalue weighted by atomic mass is 19.1. The molecule has 1 unspecified atom stereocenters. The SMILES string of the molecule is C/C=C/c1cccc(-c2c(C(C)n3nc(-c4cc(F)cc(OCc5ccccc5)c4)c4c(N)ncnc43)oc(=O)c3ccccc23)c1.CN(C)C. The Labute approximate surface area is 295 Å². The summed E-state index contributed by atoms with van der Waals surface area (Å²) in [5, 5.41) is 6.59. The van der Waals surface area contributed by atoms with Crippen molar-refractivity contribution in [3.05, 3.63) is 143 Å². The number of nitrogens with zero attached hydrogens (tertiary/aromatic N) is 5. The van der Waals surface area contributed by atoms with Crippen molar-refractivity contribution < 1.29 is 13.5 Å². The van der Waals surface area contributed by atoms with E-state index in [0.29, 0.717) is 39.2 Å². The molecule has 0 saturated heterocycles. The monoisotopic (exact) mass is 682 g/mol. The lowest BCUT2D eigenvalue weighted by molar-refractivity contribution is 0.305. The molecule has 0 amide bonds. The zero-order valence-electron chi connectivity index (χ0n) is 29.2. The number of halogens is 1. The van der Waals surface area contributed by atoms with Gasteiger partial charge in [0, 0.05) is 22.6 Å². The number of ether oxygens (including phenoxy) is 1. The number of fused-ring (bicyclic) bond motifs is 2. The Bertz CT molecular complexity index is 2400. The average Bonchev–Trinajstić information content (AvgIpc) is 3.52. The molecule has 9 nitrogen and oxygen atoms in total. The van der Waals surface area contributed by atoms with E-state index in [-0.39, 0.29) is 12.4 Å². The first-order valence-corrected chi connectivity index (χ1v) is 16.5. The van der Waals surface area contributed by atoms with Crippen molar-refractivity contribution in [2.45, 2.75) is 26.5 Å². The third-order valence-corrected chi connectivity index (χ3v) is 8.06. The summed E-state index contributed by atoms with van der Waals surface area (Å²) in [6.45, 7) is 4.10. The molecule has 3 aromatic heterocycles. The zero-order valence-corrected chi connectivity index (χ0v) is 29.2. The van der Waals surface area contributed by atoms with E-state index in [9.17, 15) is 4.79 Å². The highest BCUT2D eigenvalue weighted by Gasteiger charge is 2.27. The second-order valence-electron chi connectivity index (χ2n) is 12.5. The number of rotatable bonds is 8. The van der Waals surface area contributed by atoms with Crippen LogP contribution >= 0.6 is 0 Å². The predicted molar refractivity (Wildman–Crippen MR) is 202 cm³/mol. The number of hydrogen-bond donors (Lipinski definition) is 1. The molecule has 7 rings (SSSR count). The van der Waals surface area contributed by atoms with Gasteiger partial charge in [0.25, 0.3) is 0 Å². The van der Waals surface area contributed by atoms with Crippen LogP contribution in [0, 0.1) is 5.82 Å². The molecule has 7 aromatic rings. The van der Waals surface area contributed by atoms with Crippen molar-refractivity contribution in [2.24, 2.45) is 0 Å². The molecule has 4 aromatic carbocycles. The Morgan fingerprint density at radius 3 is 2.39 bits per heavy atom. The summed E-state index contributed by atoms with van der Waals surface area (Å²) in [6.07, 6.45) is 5.33. The molecular formula is C41H39FN6O3. The van der Waals surface area contributed by atoms with E-state index in [2.05, 4.69) is 16.0 Å². The van der Waals surface area contributed by atoms with Gasteiger partial charge in [0.15, 0.2) is 5.65 Å². The van der Waals surface area contributed by atoms with E-state index in [1.54, 1.807) is 16.8 Å². The lowest BCUT2D eigenvalue weighted by atomic mass is 9.94. The maximum absolute atomic E-state index is 15.1. The molecule has 258 valence electrons. The van der Waals surface area contributed by atoms with E-state index in [1.807, 2.05) is 119 Å². The maximum atomic E-state index is 15.1. The lowest BCUT2D eigenvalue weighted by Gasteiger charge is -2.18. The fourth-order valence-corrected chi connectivity index (χ4v) is 5.90. The molecule has 0 aliphatic rings. The number of benzene rings is 4. The van der Waals surface area contributed by atoms with E-state index >= 15 is 4.39 Å². The number of nitrogen functional groups attached to an aromatic ring is 1. The van der Waals surface area contributed by atoms with Crippen LogP contribution in [0.1, 0.15) is 36.8 Å². The molecule has 51 heavy (non-hydrogen) atoms. The minimum atomic E-state index is -0.638. The molecule has 0 spiro atoms. The topological polar surface area (TPSA) is 112 Å². The summed E-state index contributed by atoms with van der Waals surface area (Å²) in [5.74, 6) is 0.406. The van der Waals surface area contributed by atoms with Crippen LogP contribution in [-0.4, -0.2) is 45.8 Å². The number of nitrogens with two attached hydrogens (primary N) is 1. The van der Waals surface area contributed by atoms with Gasteiger partial charge < -0.3 is 19.8 Å². The van der Waals surface area contributed by atoms with Gasteiger partial charge in [-0.1, -0.05) is 78.9 Å². The molecule has 0 aliphatic heterocycles. The van der Waals surface area contributed by atoms with E-state index in [4.69, 9.17) is 20.0 Å². The molecule has 2 N–H and O–H groups in total. The summed E-state index contributed by atoms with van der Waals surface area (Å²) < 4.78 is 28.8. The van der Waals surface area contributed by atoms with Crippen molar-refractivity contribution in [2.75, 3.05) is 26.9 Å². The van der Waals surface area contributed by atoms with Crippen molar-refractivity contribution in [1.29, 1.82) is 0 Å². The van der Waals surface area contributed by atoms with Crippen molar-refractivity contribution in [3.8, 4) is 28.1 Å². The Morgan fingerprint density at radius 1 is 0.922 bits per heavy atom. The number of anilines is 1. The third-order valence-electron chi connectivity index (χ3n) is 8.06. The van der Waals surface area contributed by atoms with Crippen LogP contribution in [0.15, 0.2) is 119 Å². The molecule has 0 aliphatic carbocycles. The normalized spacial score (nSPS) is 12.0. The van der Waals surface area contributed by atoms with Crippen molar-refractivity contribution in [3.63, 3.8) is 0 Å². The molecule has 0 bridgehead atoms. The van der Waals surface area contributed by atoms with Gasteiger partial charge in [-0.3, -0.25) is 0 Å². The quantitative estimate of drug-likeness (QED) is 0.170. The Kier molecular flexibility index (Phi) is 10.3. The molecular weight excluding hydrogens is 643 g/mol. The predicted octanol–water partition coefficient (Wildman–Crippen LogP) is 8.39. The van der Waals surface area contributed by atoms with Gasteiger partial charge >= 0.3 is 5.63 Å². The molecule has 0 fully saturated rings. The third kappa shape index (κ3) is 7.56. The first-order chi connectivity index (χ1) is 24.6. The van der Waals surface area contributed by atoms with Crippen molar-refractivity contribution in [1.82, 2.24) is 24.6 Å². The largest absolute Gasteiger partial charge is 0.489 e. The van der Waals surface area contributed by atoms with Crippen LogP contribution in [0.5, 0.6) is 5.75 Å². The maximum Gasteiger partial charge on any atom is 0.343 e. The second kappa shape index (κ2) is 15.2. The summed E-state index contributed by atoms with van der Waals surface area (Å²) >= 11 is 0. The summed E-state index contributed by atoms with van der Waals surface area (Å²) in [4.78, 5) is 24.1. The minimum absolute atomic E-state index is 0.179. The van der Waals surface area contributed by atoms with E-state index < -0.39 is 17.5 Å². The van der Waals surface area contributed by atoms with Gasteiger partial charge in [-0.25, -0.2) is 23.8 Å². The van der Waals surface area contributed by atoms with E-state index in [0.717, 1.165) is 27.6 Å². The van der Waals surface area contributed by atoms with Crippen molar-refractivity contribution >= 4 is 33.7 Å². The van der Waals surface area contributed by atoms with Crippen LogP contribution in [-0.2, 0) is 6.61 Å². The zero-order chi connectivity index (χ0) is 36.1. The number of allylic oxidation sites excluding steroid dienone is 1. The number of aromatic nitrogens is 4. The Balaban J connectivity index is 0.00000107. The Morgan fingerprint density at radius 2 is 1.65 bits per heavy atom. The van der Waals surface area contributed by atoms with Crippen LogP contribution in [0.2, 0.25) is 0 Å². The lowest BCUT2D eigenvalue weighted by Crippen LogP contribution is -2.14. The average molecular weight is 683 g/mol. The molecule has 0 saturated carbocycles. The standard InChI is InChI=1S/C38H30FN5O3.C3H9N/c1-3-10-24-13-9-14-26(17-24)32-30-15-7-8-16-31(30)38(45)47-35(32)23(2)44-37-33(36(40)41-22-42-37)34(43-44)27-18-28(39)20-29(19-27)46-21-25-11-5-4-6-12-25;1-4(2)3/h3-20,22-23H,21H2,1-2H3,(H2,40,41,42);1-3H3/b10-3+;. The van der Waals surface area contributed by atoms with E-state index in [1.165, 1.54) is 18.5 Å². The van der Waals surface area contributed by atoms with Gasteiger partial charge in [-0.15, -0.1) is 0 Å². The highest BCUT2D eigenvalue weighted by Crippen LogP contribution is 2.39. The molecule has 0 radical (unpaired) electrons. The smallest absolute Gasteiger partial charge is 0.343 e. The first-order valence-electron chi connectivity index (χ1n) is 16.5. The fourth-order valence-electron chi connectivity index (χ4n) is 5.90. The number of hydrogen-bond acceptors (Lipinski definition) is 8. The first kappa shape index (κ1) is 34.7. The van der Waals surface area contributed by atoms with Crippen LogP contribution < -0.4 is 16.1 Å². The van der Waals surface area contributed by atoms with Gasteiger partial charge in [0.05, 0.1) is 10.8 Å². The summed E-state index contributed by atoms with van der Waals surface area (Å²) in [6, 6.07) is 28.8. The molecule has 10 heteroatoms. The molecule has 1 atom stereocenters. The van der Waals surface area contributed by atoms with Gasteiger partial charge in [0.1, 0.15) is 47.8 Å². The summed E-state index contributed by atoms with van der Waals surface area (Å²) in [5.41, 5.74) is 10.7. The van der Waals surface area contributed by atoms with Gasteiger partial charge in [0.2, 0.25) is 0 Å². The van der Waals surface area contributed by atoms with Gasteiger partial charge in [-0.2, -0.15) is 5.10 Å². The minimum Gasteiger partial charge on any atom is -0.489 e.